The Hall–Kier alpha value is -1.36. The lowest BCUT2D eigenvalue weighted by Crippen LogP contribution is -2.42. The molecule has 2 fully saturated rings. The maximum absolute atomic E-state index is 12.8. The van der Waals surface area contributed by atoms with E-state index in [4.69, 9.17) is 0 Å². The summed E-state index contributed by atoms with van der Waals surface area (Å²) in [5, 5.41) is 0. The fraction of sp³-hybridized carbons (Fsp3) is 0.632. The Morgan fingerprint density at radius 1 is 1.21 bits per heavy atom. The third kappa shape index (κ3) is 2.87. The number of fused-ring (bicyclic) bond motifs is 2. The first-order valence-electron chi connectivity index (χ1n) is 8.73. The van der Waals surface area contributed by atoms with Crippen molar-refractivity contribution in [2.45, 2.75) is 46.5 Å². The molecular weight excluding hydrogens is 322 g/mol. The number of hydrogen-bond acceptors (Lipinski definition) is 3. The molecule has 24 heavy (non-hydrogen) atoms. The zero-order valence-electron chi connectivity index (χ0n) is 14.8. The zero-order chi connectivity index (χ0) is 17.6. The summed E-state index contributed by atoms with van der Waals surface area (Å²) in [6.07, 6.45) is 2.75. The van der Waals surface area contributed by atoms with Crippen LogP contribution in [0.25, 0.3) is 0 Å². The molecule has 1 aliphatic carbocycles. The summed E-state index contributed by atoms with van der Waals surface area (Å²) in [6, 6.07) is 9.74. The highest BCUT2D eigenvalue weighted by molar-refractivity contribution is 7.89. The Balaban J connectivity index is 1.79. The van der Waals surface area contributed by atoms with E-state index in [-0.39, 0.29) is 34.8 Å². The van der Waals surface area contributed by atoms with Crippen molar-refractivity contribution >= 4 is 15.9 Å². The molecule has 1 aromatic carbocycles. The van der Waals surface area contributed by atoms with Crippen molar-refractivity contribution in [1.29, 1.82) is 0 Å². The van der Waals surface area contributed by atoms with Gasteiger partial charge in [0.1, 0.15) is 0 Å². The predicted octanol–water partition coefficient (Wildman–Crippen LogP) is 3.23. The van der Waals surface area contributed by atoms with E-state index < -0.39 is 10.0 Å². The molecule has 3 rings (SSSR count). The molecule has 0 radical (unpaired) electrons. The molecule has 1 amide bonds. The first-order valence-corrected chi connectivity index (χ1v) is 10.3. The van der Waals surface area contributed by atoms with Crippen molar-refractivity contribution in [1.82, 2.24) is 4.31 Å². The minimum Gasteiger partial charge on any atom is -0.274 e. The van der Waals surface area contributed by atoms with Crippen molar-refractivity contribution in [2.24, 2.45) is 16.7 Å². The SMILES string of the molecule is CC12CCC(CN(C(=O)CCc3ccccc3)S(=O)(=O)C1)C2(C)C. The lowest BCUT2D eigenvalue weighted by Gasteiger charge is -2.38. The first-order chi connectivity index (χ1) is 11.2. The number of amides is 1. The molecule has 5 heteroatoms. The van der Waals surface area contributed by atoms with Gasteiger partial charge in [0.05, 0.1) is 5.75 Å². The van der Waals surface area contributed by atoms with Crippen LogP contribution >= 0.6 is 0 Å². The van der Waals surface area contributed by atoms with Gasteiger partial charge in [-0.1, -0.05) is 51.1 Å². The van der Waals surface area contributed by atoms with Crippen molar-refractivity contribution in [3.05, 3.63) is 35.9 Å². The van der Waals surface area contributed by atoms with Crippen LogP contribution in [0.15, 0.2) is 30.3 Å². The highest BCUT2D eigenvalue weighted by atomic mass is 32.2. The Morgan fingerprint density at radius 2 is 1.88 bits per heavy atom. The number of nitrogens with zero attached hydrogens (tertiary/aromatic N) is 1. The number of carbonyl (C=O) groups is 1. The largest absolute Gasteiger partial charge is 0.274 e. The molecule has 1 aromatic rings. The monoisotopic (exact) mass is 349 g/mol. The summed E-state index contributed by atoms with van der Waals surface area (Å²) < 4.78 is 26.9. The lowest BCUT2D eigenvalue weighted by atomic mass is 9.67. The fourth-order valence-corrected chi connectivity index (χ4v) is 6.60. The minimum absolute atomic E-state index is 0.0610. The quantitative estimate of drug-likeness (QED) is 0.842. The van der Waals surface area contributed by atoms with Crippen LogP contribution in [0.2, 0.25) is 0 Å². The number of benzene rings is 1. The maximum atomic E-state index is 12.8. The summed E-state index contributed by atoms with van der Waals surface area (Å²) in [7, 11) is -3.54. The van der Waals surface area contributed by atoms with Crippen LogP contribution in [-0.2, 0) is 21.2 Å². The molecule has 4 nitrogen and oxygen atoms in total. The van der Waals surface area contributed by atoms with E-state index in [1.54, 1.807) is 0 Å². The van der Waals surface area contributed by atoms with Crippen LogP contribution in [0.1, 0.15) is 45.6 Å². The van der Waals surface area contributed by atoms with Gasteiger partial charge in [-0.25, -0.2) is 12.7 Å². The molecule has 2 atom stereocenters. The van der Waals surface area contributed by atoms with Gasteiger partial charge in [0.25, 0.3) is 0 Å². The van der Waals surface area contributed by atoms with E-state index in [0.717, 1.165) is 18.4 Å². The van der Waals surface area contributed by atoms with Crippen LogP contribution in [-0.4, -0.2) is 30.9 Å². The van der Waals surface area contributed by atoms with Crippen LogP contribution in [0.4, 0.5) is 0 Å². The topological polar surface area (TPSA) is 54.5 Å². The Bertz CT molecular complexity index is 726. The molecule has 0 spiro atoms. The number of aryl methyl sites for hydroxylation is 1. The number of rotatable bonds is 3. The maximum Gasteiger partial charge on any atom is 0.237 e. The highest BCUT2D eigenvalue weighted by Gasteiger charge is 2.57. The second kappa shape index (κ2) is 5.87. The molecule has 1 aliphatic heterocycles. The summed E-state index contributed by atoms with van der Waals surface area (Å²) in [5.41, 5.74) is 0.756. The third-order valence-corrected chi connectivity index (χ3v) is 8.62. The molecular formula is C19H27NO3S. The first kappa shape index (κ1) is 17.5. The number of carbonyl (C=O) groups excluding carboxylic acids is 1. The average Bonchev–Trinajstić information content (AvgIpc) is 2.69. The van der Waals surface area contributed by atoms with Gasteiger partial charge in [0.2, 0.25) is 15.9 Å². The van der Waals surface area contributed by atoms with Gasteiger partial charge >= 0.3 is 0 Å². The molecule has 0 N–H and O–H groups in total. The molecule has 1 saturated carbocycles. The van der Waals surface area contributed by atoms with Crippen molar-refractivity contribution < 1.29 is 13.2 Å². The van der Waals surface area contributed by atoms with Crippen molar-refractivity contribution in [2.75, 3.05) is 12.3 Å². The Labute approximate surface area is 145 Å². The van der Waals surface area contributed by atoms with Crippen LogP contribution < -0.4 is 0 Å². The summed E-state index contributed by atoms with van der Waals surface area (Å²) in [4.78, 5) is 12.7. The molecule has 132 valence electrons. The van der Waals surface area contributed by atoms with Crippen LogP contribution in [0, 0.1) is 16.7 Å². The predicted molar refractivity (Wildman–Crippen MR) is 94.9 cm³/mol. The number of hydrogen-bond donors (Lipinski definition) is 0. The molecule has 2 unspecified atom stereocenters. The van der Waals surface area contributed by atoms with Crippen molar-refractivity contribution in [3.63, 3.8) is 0 Å². The zero-order valence-corrected chi connectivity index (χ0v) is 15.6. The lowest BCUT2D eigenvalue weighted by molar-refractivity contribution is -0.127. The summed E-state index contributed by atoms with van der Waals surface area (Å²) >= 11 is 0. The van der Waals surface area contributed by atoms with Crippen molar-refractivity contribution in [3.8, 4) is 0 Å². The van der Waals surface area contributed by atoms with E-state index in [2.05, 4.69) is 20.8 Å². The summed E-state index contributed by atoms with van der Waals surface area (Å²) in [5.74, 6) is 0.0758. The smallest absolute Gasteiger partial charge is 0.237 e. The van der Waals surface area contributed by atoms with E-state index in [9.17, 15) is 13.2 Å². The fourth-order valence-electron chi connectivity index (χ4n) is 4.32. The molecule has 1 heterocycles. The Kier molecular flexibility index (Phi) is 4.27. The molecule has 0 aromatic heterocycles. The van der Waals surface area contributed by atoms with E-state index in [1.807, 2.05) is 30.3 Å². The van der Waals surface area contributed by atoms with Crippen LogP contribution in [0.5, 0.6) is 0 Å². The van der Waals surface area contributed by atoms with Gasteiger partial charge in [0, 0.05) is 13.0 Å². The van der Waals surface area contributed by atoms with Gasteiger partial charge in [-0.05, 0) is 41.6 Å². The minimum atomic E-state index is -3.54. The van der Waals surface area contributed by atoms with E-state index >= 15 is 0 Å². The summed E-state index contributed by atoms with van der Waals surface area (Å²) in [6.45, 7) is 6.75. The van der Waals surface area contributed by atoms with Gasteiger partial charge in [-0.3, -0.25) is 4.79 Å². The highest BCUT2D eigenvalue weighted by Crippen LogP contribution is 2.58. The molecule has 2 bridgehead atoms. The second-order valence-corrected chi connectivity index (χ2v) is 10.1. The molecule has 2 aliphatic rings. The van der Waals surface area contributed by atoms with E-state index in [0.29, 0.717) is 13.0 Å². The number of sulfonamides is 1. The standard InChI is InChI=1S/C19H27NO3S/c1-18(2)16-11-12-19(18,3)14-24(22,23)20(13-16)17(21)10-9-15-7-5-4-6-8-15/h4-8,16H,9-14H2,1-3H3. The van der Waals surface area contributed by atoms with Gasteiger partial charge < -0.3 is 0 Å². The van der Waals surface area contributed by atoms with E-state index in [1.165, 1.54) is 4.31 Å². The van der Waals surface area contributed by atoms with Crippen LogP contribution in [0.3, 0.4) is 0 Å². The third-order valence-electron chi connectivity index (χ3n) is 6.59. The van der Waals surface area contributed by atoms with Gasteiger partial charge in [-0.2, -0.15) is 0 Å². The average molecular weight is 349 g/mol. The molecule has 1 saturated heterocycles. The van der Waals surface area contributed by atoms with Gasteiger partial charge in [-0.15, -0.1) is 0 Å². The van der Waals surface area contributed by atoms with Gasteiger partial charge in [0.15, 0.2) is 0 Å². The Morgan fingerprint density at radius 3 is 2.54 bits per heavy atom. The normalized spacial score (nSPS) is 30.8. The second-order valence-electron chi connectivity index (χ2n) is 8.18.